The predicted octanol–water partition coefficient (Wildman–Crippen LogP) is 1.61. The number of anilines is 1. The molecule has 0 spiro atoms. The molecule has 1 amide bonds. The quantitative estimate of drug-likeness (QED) is 0.816. The lowest BCUT2D eigenvalue weighted by molar-refractivity contribution is -0.131. The molecular weight excluding hydrogens is 328 g/mol. The summed E-state index contributed by atoms with van der Waals surface area (Å²) < 4.78 is 1.97. The van der Waals surface area contributed by atoms with Crippen LogP contribution in [0.25, 0.3) is 0 Å². The van der Waals surface area contributed by atoms with Gasteiger partial charge in [0.15, 0.2) is 0 Å². The van der Waals surface area contributed by atoms with Crippen molar-refractivity contribution in [3.8, 4) is 0 Å². The molecule has 0 radical (unpaired) electrons. The number of imidazole rings is 1. The van der Waals surface area contributed by atoms with Gasteiger partial charge in [-0.15, -0.1) is 0 Å². The van der Waals surface area contributed by atoms with E-state index in [0.717, 1.165) is 37.6 Å². The molecule has 2 aliphatic rings. The fourth-order valence-corrected chi connectivity index (χ4v) is 4.61. The van der Waals surface area contributed by atoms with Crippen molar-refractivity contribution in [2.75, 3.05) is 25.0 Å². The number of nitrogens with zero attached hydrogens (tertiary/aromatic N) is 6. The van der Waals surface area contributed by atoms with Crippen LogP contribution in [0.5, 0.6) is 0 Å². The lowest BCUT2D eigenvalue weighted by atomic mass is 9.97. The third-order valence-corrected chi connectivity index (χ3v) is 6.00. The molecule has 0 unspecified atom stereocenters. The molecular formula is C19H26N6O. The molecule has 4 rings (SSSR count). The molecule has 0 bridgehead atoms. The van der Waals surface area contributed by atoms with Crippen molar-refractivity contribution < 1.29 is 4.79 Å². The zero-order valence-electron chi connectivity index (χ0n) is 15.5. The maximum atomic E-state index is 12.8. The Bertz CT molecular complexity index is 760. The SMILES string of the molecule is CCc1nccn1CC(=O)N1C[C@H]2CC[C@@H](N(C)c3cnccn3)[C@H]2C1. The third kappa shape index (κ3) is 3.06. The van der Waals surface area contributed by atoms with Crippen molar-refractivity contribution in [2.24, 2.45) is 11.8 Å². The molecule has 0 aromatic carbocycles. The lowest BCUT2D eigenvalue weighted by Crippen LogP contribution is -2.39. The summed E-state index contributed by atoms with van der Waals surface area (Å²) in [4.78, 5) is 30.0. The summed E-state index contributed by atoms with van der Waals surface area (Å²) in [6, 6.07) is 0.425. The van der Waals surface area contributed by atoms with Gasteiger partial charge in [-0.2, -0.15) is 0 Å². The number of carbonyl (C=O) groups is 1. The zero-order valence-corrected chi connectivity index (χ0v) is 15.5. The first kappa shape index (κ1) is 17.0. The molecule has 2 aromatic heterocycles. The number of rotatable bonds is 5. The Hall–Kier alpha value is -2.44. The average Bonchev–Trinajstić information content (AvgIpc) is 3.37. The molecule has 26 heavy (non-hydrogen) atoms. The fraction of sp³-hybridized carbons (Fsp3) is 0.579. The first-order valence-electron chi connectivity index (χ1n) is 9.44. The smallest absolute Gasteiger partial charge is 0.242 e. The monoisotopic (exact) mass is 354 g/mol. The minimum Gasteiger partial charge on any atom is -0.355 e. The van der Waals surface area contributed by atoms with Crippen LogP contribution in [-0.2, 0) is 17.8 Å². The van der Waals surface area contributed by atoms with E-state index in [1.165, 1.54) is 6.42 Å². The highest BCUT2D eigenvalue weighted by Gasteiger charge is 2.45. The number of likely N-dealkylation sites (tertiary alicyclic amines) is 1. The molecule has 7 nitrogen and oxygen atoms in total. The number of hydrogen-bond donors (Lipinski definition) is 0. The fourth-order valence-electron chi connectivity index (χ4n) is 4.61. The Balaban J connectivity index is 1.42. The van der Waals surface area contributed by atoms with E-state index in [2.05, 4.69) is 33.8 Å². The largest absolute Gasteiger partial charge is 0.355 e. The summed E-state index contributed by atoms with van der Waals surface area (Å²) in [7, 11) is 2.10. The van der Waals surface area contributed by atoms with E-state index < -0.39 is 0 Å². The van der Waals surface area contributed by atoms with Gasteiger partial charge in [0.25, 0.3) is 0 Å². The molecule has 2 fully saturated rings. The molecule has 1 saturated carbocycles. The van der Waals surface area contributed by atoms with Gasteiger partial charge in [-0.25, -0.2) is 9.97 Å². The maximum absolute atomic E-state index is 12.8. The Labute approximate surface area is 154 Å². The minimum absolute atomic E-state index is 0.202. The van der Waals surface area contributed by atoms with Gasteiger partial charge in [0, 0.05) is 63.3 Å². The Kier molecular flexibility index (Phi) is 4.61. The van der Waals surface area contributed by atoms with Gasteiger partial charge in [0.1, 0.15) is 18.2 Å². The molecule has 1 aliphatic carbocycles. The topological polar surface area (TPSA) is 67.2 Å². The van der Waals surface area contributed by atoms with Crippen LogP contribution in [0.2, 0.25) is 0 Å². The number of hydrogen-bond acceptors (Lipinski definition) is 5. The van der Waals surface area contributed by atoms with E-state index in [4.69, 9.17) is 0 Å². The van der Waals surface area contributed by atoms with Gasteiger partial charge in [-0.1, -0.05) is 6.92 Å². The second-order valence-electron chi connectivity index (χ2n) is 7.37. The Morgan fingerprint density at radius 2 is 2.12 bits per heavy atom. The Morgan fingerprint density at radius 1 is 1.23 bits per heavy atom. The van der Waals surface area contributed by atoms with Gasteiger partial charge in [0.2, 0.25) is 5.91 Å². The maximum Gasteiger partial charge on any atom is 0.242 e. The summed E-state index contributed by atoms with van der Waals surface area (Å²) >= 11 is 0. The number of fused-ring (bicyclic) bond motifs is 1. The third-order valence-electron chi connectivity index (χ3n) is 6.00. The normalized spacial score (nSPS) is 24.7. The van der Waals surface area contributed by atoms with E-state index in [-0.39, 0.29) is 5.91 Å². The Morgan fingerprint density at radius 3 is 2.88 bits per heavy atom. The number of amides is 1. The first-order valence-corrected chi connectivity index (χ1v) is 9.44. The van der Waals surface area contributed by atoms with Crippen LogP contribution < -0.4 is 4.90 Å². The van der Waals surface area contributed by atoms with Crippen LogP contribution in [0.1, 0.15) is 25.6 Å². The van der Waals surface area contributed by atoms with Gasteiger partial charge < -0.3 is 14.4 Å². The molecule has 3 heterocycles. The first-order chi connectivity index (χ1) is 12.7. The van der Waals surface area contributed by atoms with Gasteiger partial charge in [0.05, 0.1) is 6.20 Å². The zero-order chi connectivity index (χ0) is 18.1. The summed E-state index contributed by atoms with van der Waals surface area (Å²) in [5.74, 6) is 3.19. The molecule has 1 aliphatic heterocycles. The van der Waals surface area contributed by atoms with Crippen LogP contribution in [0.3, 0.4) is 0 Å². The van der Waals surface area contributed by atoms with E-state index in [9.17, 15) is 4.79 Å². The highest BCUT2D eigenvalue weighted by molar-refractivity contribution is 5.76. The summed E-state index contributed by atoms with van der Waals surface area (Å²) in [5, 5.41) is 0. The second-order valence-corrected chi connectivity index (χ2v) is 7.37. The summed E-state index contributed by atoms with van der Waals surface area (Å²) in [5.41, 5.74) is 0. The van der Waals surface area contributed by atoms with Crippen LogP contribution in [-0.4, -0.2) is 56.5 Å². The molecule has 1 saturated heterocycles. The van der Waals surface area contributed by atoms with Gasteiger partial charge in [-0.3, -0.25) is 9.78 Å². The van der Waals surface area contributed by atoms with Gasteiger partial charge in [-0.05, 0) is 18.8 Å². The van der Waals surface area contributed by atoms with E-state index >= 15 is 0 Å². The van der Waals surface area contributed by atoms with Crippen molar-refractivity contribution in [3.05, 3.63) is 36.8 Å². The van der Waals surface area contributed by atoms with Crippen LogP contribution in [0, 0.1) is 11.8 Å². The van der Waals surface area contributed by atoms with E-state index in [1.807, 2.05) is 21.9 Å². The van der Waals surface area contributed by atoms with E-state index in [1.54, 1.807) is 18.6 Å². The second kappa shape index (κ2) is 7.05. The van der Waals surface area contributed by atoms with Crippen LogP contribution >= 0.6 is 0 Å². The molecule has 138 valence electrons. The molecule has 2 aromatic rings. The standard InChI is InChI=1S/C19H26N6O/c1-3-17-22-8-9-24(17)13-19(26)25-11-14-4-5-16(15(14)12-25)23(2)18-10-20-6-7-21-18/h6-10,14-16H,3-5,11-13H2,1-2H3/t14-,15+,16-/m1/s1. The van der Waals surface area contributed by atoms with Crippen LogP contribution in [0.15, 0.2) is 31.0 Å². The average molecular weight is 354 g/mol. The van der Waals surface area contributed by atoms with Crippen molar-refractivity contribution in [1.82, 2.24) is 24.4 Å². The van der Waals surface area contributed by atoms with Crippen molar-refractivity contribution >= 4 is 11.7 Å². The number of carbonyl (C=O) groups excluding carboxylic acids is 1. The van der Waals surface area contributed by atoms with E-state index in [0.29, 0.717) is 24.4 Å². The number of aryl methyl sites for hydroxylation is 1. The lowest BCUT2D eigenvalue weighted by Gasteiger charge is -2.30. The predicted molar refractivity (Wildman–Crippen MR) is 98.6 cm³/mol. The highest BCUT2D eigenvalue weighted by Crippen LogP contribution is 2.41. The minimum atomic E-state index is 0.202. The number of aromatic nitrogens is 4. The van der Waals surface area contributed by atoms with Crippen LogP contribution in [0.4, 0.5) is 5.82 Å². The van der Waals surface area contributed by atoms with Crippen molar-refractivity contribution in [2.45, 2.75) is 38.8 Å². The van der Waals surface area contributed by atoms with Crippen molar-refractivity contribution in [3.63, 3.8) is 0 Å². The summed E-state index contributed by atoms with van der Waals surface area (Å²) in [6.07, 6.45) is 12.1. The molecule has 7 heteroatoms. The molecule has 0 N–H and O–H groups in total. The van der Waals surface area contributed by atoms with Crippen molar-refractivity contribution in [1.29, 1.82) is 0 Å². The highest BCUT2D eigenvalue weighted by atomic mass is 16.2. The van der Waals surface area contributed by atoms with Gasteiger partial charge >= 0.3 is 0 Å². The molecule has 3 atom stereocenters. The summed E-state index contributed by atoms with van der Waals surface area (Å²) in [6.45, 7) is 4.18.